The molecule has 0 bridgehead atoms. The minimum Gasteiger partial charge on any atom is -0.381 e. The van der Waals surface area contributed by atoms with Crippen LogP contribution in [0.1, 0.15) is 18.1 Å². The first-order chi connectivity index (χ1) is 10.8. The predicted molar refractivity (Wildman–Crippen MR) is 86.7 cm³/mol. The molecule has 0 aliphatic heterocycles. The molecule has 3 nitrogen and oxygen atoms in total. The lowest BCUT2D eigenvalue weighted by Crippen LogP contribution is -2.02. The lowest BCUT2D eigenvalue weighted by Gasteiger charge is -2.10. The van der Waals surface area contributed by atoms with Crippen LogP contribution in [0.5, 0.6) is 0 Å². The van der Waals surface area contributed by atoms with E-state index < -0.39 is 0 Å². The first-order valence-corrected chi connectivity index (χ1v) is 7.36. The first kappa shape index (κ1) is 14.3. The Balaban J connectivity index is 1.72. The number of hydrogen-bond donors (Lipinski definition) is 1. The molecule has 0 radical (unpaired) electrons. The maximum Gasteiger partial charge on any atom is 0.147 e. The number of halogens is 1. The van der Waals surface area contributed by atoms with Gasteiger partial charge in [0.2, 0.25) is 0 Å². The zero-order chi connectivity index (χ0) is 15.4. The molecule has 3 aromatic rings. The fourth-order valence-corrected chi connectivity index (χ4v) is 2.38. The van der Waals surface area contributed by atoms with Crippen LogP contribution >= 0.6 is 0 Å². The number of anilines is 1. The molecule has 4 heteroatoms. The second kappa shape index (κ2) is 6.43. The van der Waals surface area contributed by atoms with Crippen LogP contribution in [0, 0.1) is 5.82 Å². The number of aromatic nitrogens is 2. The smallest absolute Gasteiger partial charge is 0.147 e. The number of benzene rings is 2. The number of nitrogens with one attached hydrogen (secondary N) is 1. The summed E-state index contributed by atoms with van der Waals surface area (Å²) in [6.45, 7) is 2.72. The van der Waals surface area contributed by atoms with Crippen molar-refractivity contribution in [1.29, 1.82) is 0 Å². The van der Waals surface area contributed by atoms with Crippen LogP contribution in [0.25, 0.3) is 5.69 Å². The van der Waals surface area contributed by atoms with Crippen LogP contribution in [-0.4, -0.2) is 9.55 Å². The standard InChI is InChI=1S/C18H18FN3/c1-2-14-4-3-5-16(10-14)21-12-15-6-7-18(17(19)11-15)22-9-8-20-13-22/h3-11,13,21H,2,12H2,1H3. The van der Waals surface area contributed by atoms with Crippen molar-refractivity contribution in [3.05, 3.63) is 78.1 Å². The Labute approximate surface area is 129 Å². The first-order valence-electron chi connectivity index (χ1n) is 7.36. The third-order valence-corrected chi connectivity index (χ3v) is 3.63. The zero-order valence-electron chi connectivity index (χ0n) is 12.5. The Morgan fingerprint density at radius 3 is 2.77 bits per heavy atom. The number of hydrogen-bond acceptors (Lipinski definition) is 2. The van der Waals surface area contributed by atoms with Gasteiger partial charge in [-0.1, -0.05) is 25.1 Å². The molecule has 0 saturated heterocycles. The summed E-state index contributed by atoms with van der Waals surface area (Å²) >= 11 is 0. The molecule has 1 heterocycles. The van der Waals surface area contributed by atoms with Gasteiger partial charge < -0.3 is 9.88 Å². The maximum absolute atomic E-state index is 14.2. The summed E-state index contributed by atoms with van der Waals surface area (Å²) in [4.78, 5) is 3.94. The Morgan fingerprint density at radius 2 is 2.05 bits per heavy atom. The van der Waals surface area contributed by atoms with E-state index in [1.807, 2.05) is 18.2 Å². The number of nitrogens with zero attached hydrogens (tertiary/aromatic N) is 2. The molecule has 112 valence electrons. The molecule has 0 fully saturated rings. The third-order valence-electron chi connectivity index (χ3n) is 3.63. The van der Waals surface area contributed by atoms with Crippen LogP contribution in [0.2, 0.25) is 0 Å². The van der Waals surface area contributed by atoms with E-state index in [0.717, 1.165) is 17.7 Å². The van der Waals surface area contributed by atoms with E-state index in [0.29, 0.717) is 12.2 Å². The van der Waals surface area contributed by atoms with Crippen molar-refractivity contribution in [3.8, 4) is 5.69 Å². The molecular weight excluding hydrogens is 277 g/mol. The van der Waals surface area contributed by atoms with Gasteiger partial charge in [-0.3, -0.25) is 0 Å². The van der Waals surface area contributed by atoms with Crippen LogP contribution in [-0.2, 0) is 13.0 Å². The summed E-state index contributed by atoms with van der Waals surface area (Å²) in [7, 11) is 0. The molecule has 0 aliphatic rings. The Bertz CT molecular complexity index is 751. The van der Waals surface area contributed by atoms with Crippen LogP contribution in [0.15, 0.2) is 61.2 Å². The lowest BCUT2D eigenvalue weighted by atomic mass is 10.1. The molecule has 0 amide bonds. The van der Waals surface area contributed by atoms with Gasteiger partial charge in [-0.25, -0.2) is 9.37 Å². The molecule has 1 N–H and O–H groups in total. The molecule has 0 aliphatic carbocycles. The van der Waals surface area contributed by atoms with Crippen LogP contribution in [0.3, 0.4) is 0 Å². The fourth-order valence-electron chi connectivity index (χ4n) is 2.38. The van der Waals surface area contributed by atoms with Gasteiger partial charge in [0.1, 0.15) is 5.82 Å². The number of imidazole rings is 1. The van der Waals surface area contributed by atoms with Gasteiger partial charge in [0.25, 0.3) is 0 Å². The average molecular weight is 295 g/mol. The highest BCUT2D eigenvalue weighted by molar-refractivity contribution is 5.47. The number of rotatable bonds is 5. The summed E-state index contributed by atoms with van der Waals surface area (Å²) in [5.41, 5.74) is 3.75. The Morgan fingerprint density at radius 1 is 1.14 bits per heavy atom. The number of aryl methyl sites for hydroxylation is 1. The maximum atomic E-state index is 14.2. The van der Waals surface area contributed by atoms with Crippen molar-refractivity contribution < 1.29 is 4.39 Å². The van der Waals surface area contributed by atoms with Gasteiger partial charge in [0, 0.05) is 24.6 Å². The highest BCUT2D eigenvalue weighted by atomic mass is 19.1. The molecule has 0 atom stereocenters. The van der Waals surface area contributed by atoms with Crippen LogP contribution in [0.4, 0.5) is 10.1 Å². The molecule has 0 spiro atoms. The van der Waals surface area contributed by atoms with Crippen molar-refractivity contribution in [2.75, 3.05) is 5.32 Å². The van der Waals surface area contributed by atoms with Crippen LogP contribution < -0.4 is 5.32 Å². The van der Waals surface area contributed by atoms with E-state index >= 15 is 0 Å². The highest BCUT2D eigenvalue weighted by Crippen LogP contribution is 2.17. The van der Waals surface area contributed by atoms with Gasteiger partial charge in [-0.15, -0.1) is 0 Å². The second-order valence-corrected chi connectivity index (χ2v) is 5.16. The minimum absolute atomic E-state index is 0.250. The highest BCUT2D eigenvalue weighted by Gasteiger charge is 2.05. The van der Waals surface area contributed by atoms with Crippen molar-refractivity contribution in [3.63, 3.8) is 0 Å². The lowest BCUT2D eigenvalue weighted by molar-refractivity contribution is 0.616. The summed E-state index contributed by atoms with van der Waals surface area (Å²) in [5, 5.41) is 3.33. The normalized spacial score (nSPS) is 10.6. The molecule has 2 aromatic carbocycles. The molecular formula is C18H18FN3. The van der Waals surface area contributed by atoms with E-state index in [1.54, 1.807) is 35.4 Å². The second-order valence-electron chi connectivity index (χ2n) is 5.16. The monoisotopic (exact) mass is 295 g/mol. The Kier molecular flexibility index (Phi) is 4.19. The SMILES string of the molecule is CCc1cccc(NCc2ccc(-n3ccnc3)c(F)c2)c1. The van der Waals surface area contributed by atoms with Crippen molar-refractivity contribution in [2.24, 2.45) is 0 Å². The van der Waals surface area contributed by atoms with Crippen molar-refractivity contribution in [2.45, 2.75) is 19.9 Å². The van der Waals surface area contributed by atoms with E-state index in [9.17, 15) is 4.39 Å². The van der Waals surface area contributed by atoms with Crippen molar-refractivity contribution >= 4 is 5.69 Å². The summed E-state index contributed by atoms with van der Waals surface area (Å²) in [6, 6.07) is 13.5. The van der Waals surface area contributed by atoms with Gasteiger partial charge >= 0.3 is 0 Å². The van der Waals surface area contributed by atoms with Gasteiger partial charge in [0.15, 0.2) is 0 Å². The summed E-state index contributed by atoms with van der Waals surface area (Å²) < 4.78 is 15.8. The molecule has 1 aromatic heterocycles. The third kappa shape index (κ3) is 3.17. The predicted octanol–water partition coefficient (Wildman–Crippen LogP) is 4.19. The van der Waals surface area contributed by atoms with E-state index in [4.69, 9.17) is 0 Å². The topological polar surface area (TPSA) is 29.9 Å². The quantitative estimate of drug-likeness (QED) is 0.765. The van der Waals surface area contributed by atoms with E-state index in [2.05, 4.69) is 29.4 Å². The van der Waals surface area contributed by atoms with E-state index in [-0.39, 0.29) is 5.82 Å². The zero-order valence-corrected chi connectivity index (χ0v) is 12.5. The fraction of sp³-hybridized carbons (Fsp3) is 0.167. The minimum atomic E-state index is -0.250. The largest absolute Gasteiger partial charge is 0.381 e. The molecule has 0 unspecified atom stereocenters. The van der Waals surface area contributed by atoms with Gasteiger partial charge in [0.05, 0.1) is 12.0 Å². The van der Waals surface area contributed by atoms with Crippen molar-refractivity contribution in [1.82, 2.24) is 9.55 Å². The van der Waals surface area contributed by atoms with Gasteiger partial charge in [-0.05, 0) is 41.8 Å². The molecule has 3 rings (SSSR count). The molecule has 0 saturated carbocycles. The summed E-state index contributed by atoms with van der Waals surface area (Å²) in [5.74, 6) is -0.250. The average Bonchev–Trinajstić information content (AvgIpc) is 3.07. The Hall–Kier alpha value is -2.62. The van der Waals surface area contributed by atoms with E-state index in [1.165, 1.54) is 5.56 Å². The summed E-state index contributed by atoms with van der Waals surface area (Å²) in [6.07, 6.45) is 5.96. The molecule has 22 heavy (non-hydrogen) atoms. The van der Waals surface area contributed by atoms with Gasteiger partial charge in [-0.2, -0.15) is 0 Å².